The molecule has 0 spiro atoms. The summed E-state index contributed by atoms with van der Waals surface area (Å²) in [4.78, 5) is 5.26. The van der Waals surface area contributed by atoms with Crippen LogP contribution in [0.1, 0.15) is 0 Å². The standard InChI is InChI=1S/C49H31N/c1-3-13-32(14-4-1)35-24-27-43-46(29-35)48(34-16-5-2-6-17-34)41-21-11-12-22-42(41)49(43)47-28-25-36(31-50-47)44-30-45-37-18-8-7-15-33(37)23-26-40(45)38-19-9-10-20-39(38)44/h1-31H. The van der Waals surface area contributed by atoms with Crippen molar-refractivity contribution in [3.05, 3.63) is 188 Å². The van der Waals surface area contributed by atoms with Gasteiger partial charge in [-0.3, -0.25) is 4.98 Å². The Hall–Kier alpha value is -6.57. The van der Waals surface area contributed by atoms with Crippen LogP contribution in [0.2, 0.25) is 0 Å². The van der Waals surface area contributed by atoms with Gasteiger partial charge >= 0.3 is 0 Å². The highest BCUT2D eigenvalue weighted by atomic mass is 14.7. The van der Waals surface area contributed by atoms with Gasteiger partial charge in [0, 0.05) is 17.3 Å². The fraction of sp³-hybridized carbons (Fsp3) is 0. The molecule has 50 heavy (non-hydrogen) atoms. The van der Waals surface area contributed by atoms with Crippen molar-refractivity contribution in [3.63, 3.8) is 0 Å². The maximum absolute atomic E-state index is 5.26. The second kappa shape index (κ2) is 11.5. The van der Waals surface area contributed by atoms with Crippen LogP contribution in [0.15, 0.2) is 188 Å². The number of hydrogen-bond acceptors (Lipinski definition) is 1. The lowest BCUT2D eigenvalue weighted by Gasteiger charge is -2.18. The van der Waals surface area contributed by atoms with Crippen molar-refractivity contribution < 1.29 is 0 Å². The number of pyridine rings is 1. The summed E-state index contributed by atoms with van der Waals surface area (Å²) in [6.07, 6.45) is 2.07. The largest absolute Gasteiger partial charge is 0.256 e. The highest BCUT2D eigenvalue weighted by Gasteiger charge is 2.19. The molecule has 10 aromatic rings. The Labute approximate surface area is 290 Å². The average Bonchev–Trinajstić information content (AvgIpc) is 3.20. The molecule has 0 bridgehead atoms. The summed E-state index contributed by atoms with van der Waals surface area (Å²) in [7, 11) is 0. The number of aromatic nitrogens is 1. The lowest BCUT2D eigenvalue weighted by atomic mass is 9.86. The van der Waals surface area contributed by atoms with Gasteiger partial charge in [-0.05, 0) is 99.9 Å². The van der Waals surface area contributed by atoms with Gasteiger partial charge in [0.25, 0.3) is 0 Å². The molecule has 0 radical (unpaired) electrons. The molecule has 0 saturated heterocycles. The zero-order valence-electron chi connectivity index (χ0n) is 27.3. The zero-order valence-corrected chi connectivity index (χ0v) is 27.3. The molecule has 0 unspecified atom stereocenters. The minimum absolute atomic E-state index is 0.970. The van der Waals surface area contributed by atoms with E-state index in [0.29, 0.717) is 0 Å². The van der Waals surface area contributed by atoms with Crippen molar-refractivity contribution in [1.82, 2.24) is 4.98 Å². The summed E-state index contributed by atoms with van der Waals surface area (Å²) in [5.41, 5.74) is 9.32. The van der Waals surface area contributed by atoms with E-state index in [2.05, 4.69) is 188 Å². The van der Waals surface area contributed by atoms with Gasteiger partial charge in [0.1, 0.15) is 0 Å². The van der Waals surface area contributed by atoms with Crippen molar-refractivity contribution in [2.24, 2.45) is 0 Å². The maximum Gasteiger partial charge on any atom is 0.0714 e. The van der Waals surface area contributed by atoms with E-state index in [9.17, 15) is 0 Å². The highest BCUT2D eigenvalue weighted by Crippen LogP contribution is 2.45. The minimum Gasteiger partial charge on any atom is -0.256 e. The van der Waals surface area contributed by atoms with Gasteiger partial charge in [-0.25, -0.2) is 0 Å². The van der Waals surface area contributed by atoms with Crippen LogP contribution in [0.25, 0.3) is 98.5 Å². The van der Waals surface area contributed by atoms with E-state index in [1.54, 1.807) is 0 Å². The van der Waals surface area contributed by atoms with Crippen molar-refractivity contribution in [2.45, 2.75) is 0 Å². The molecule has 0 aliphatic carbocycles. The van der Waals surface area contributed by atoms with Gasteiger partial charge in [0.15, 0.2) is 0 Å². The first-order valence-corrected chi connectivity index (χ1v) is 17.2. The molecule has 10 rings (SSSR count). The van der Waals surface area contributed by atoms with E-state index in [0.717, 1.165) is 16.8 Å². The molecule has 0 N–H and O–H groups in total. The SMILES string of the molecule is c1ccc(-c2ccc3c(-c4ccc(-c5cc6c7ccccc7ccc6c6ccccc56)cn4)c4ccccc4c(-c4ccccc4)c3c2)cc1. The van der Waals surface area contributed by atoms with Gasteiger partial charge in [-0.1, -0.05) is 164 Å². The van der Waals surface area contributed by atoms with E-state index in [4.69, 9.17) is 4.98 Å². The molecule has 1 aromatic heterocycles. The van der Waals surface area contributed by atoms with Gasteiger partial charge in [-0.15, -0.1) is 0 Å². The third-order valence-corrected chi connectivity index (χ3v) is 10.3. The third-order valence-electron chi connectivity index (χ3n) is 10.3. The van der Waals surface area contributed by atoms with Crippen molar-refractivity contribution in [3.8, 4) is 44.6 Å². The number of fused-ring (bicyclic) bond motifs is 7. The number of nitrogens with zero attached hydrogens (tertiary/aromatic N) is 1. The maximum atomic E-state index is 5.26. The van der Waals surface area contributed by atoms with Crippen molar-refractivity contribution in [2.75, 3.05) is 0 Å². The van der Waals surface area contributed by atoms with Crippen LogP contribution in [0, 0.1) is 0 Å². The molecule has 1 heterocycles. The van der Waals surface area contributed by atoms with E-state index >= 15 is 0 Å². The zero-order chi connectivity index (χ0) is 33.0. The highest BCUT2D eigenvalue weighted by molar-refractivity contribution is 6.23. The van der Waals surface area contributed by atoms with Crippen LogP contribution in [0.4, 0.5) is 0 Å². The summed E-state index contributed by atoms with van der Waals surface area (Å²) in [6, 6.07) is 65.9. The minimum atomic E-state index is 0.970. The Morgan fingerprint density at radius 1 is 0.280 bits per heavy atom. The van der Waals surface area contributed by atoms with Gasteiger partial charge in [0.05, 0.1) is 5.69 Å². The molecule has 0 aliphatic heterocycles. The summed E-state index contributed by atoms with van der Waals surface area (Å²) >= 11 is 0. The van der Waals surface area contributed by atoms with Crippen LogP contribution in [-0.2, 0) is 0 Å². The number of benzene rings is 9. The summed E-state index contributed by atoms with van der Waals surface area (Å²) in [5, 5.41) is 12.4. The van der Waals surface area contributed by atoms with Gasteiger partial charge < -0.3 is 0 Å². The summed E-state index contributed by atoms with van der Waals surface area (Å²) in [6.45, 7) is 0. The predicted octanol–water partition coefficient (Wildman–Crippen LogP) is 13.5. The van der Waals surface area contributed by atoms with Gasteiger partial charge in [-0.2, -0.15) is 0 Å². The fourth-order valence-electron chi connectivity index (χ4n) is 7.98. The molecule has 0 amide bonds. The van der Waals surface area contributed by atoms with Crippen LogP contribution in [0.3, 0.4) is 0 Å². The molecule has 232 valence electrons. The quantitative estimate of drug-likeness (QED) is 0.139. The Morgan fingerprint density at radius 2 is 0.840 bits per heavy atom. The first-order valence-electron chi connectivity index (χ1n) is 17.2. The van der Waals surface area contributed by atoms with E-state index in [1.807, 2.05) is 0 Å². The molecule has 0 fully saturated rings. The Bertz CT molecular complexity index is 2890. The molecular weight excluding hydrogens is 603 g/mol. The van der Waals surface area contributed by atoms with Crippen LogP contribution in [0.5, 0.6) is 0 Å². The Balaban J connectivity index is 1.21. The Morgan fingerprint density at radius 3 is 1.58 bits per heavy atom. The van der Waals surface area contributed by atoms with Crippen molar-refractivity contribution in [1.29, 1.82) is 0 Å². The molecule has 9 aromatic carbocycles. The monoisotopic (exact) mass is 633 g/mol. The first-order chi connectivity index (χ1) is 24.8. The third kappa shape index (κ3) is 4.52. The average molecular weight is 634 g/mol. The summed E-state index contributed by atoms with van der Waals surface area (Å²) < 4.78 is 0. The first kappa shape index (κ1) is 28.4. The number of hydrogen-bond donors (Lipinski definition) is 0. The topological polar surface area (TPSA) is 12.9 Å². The van der Waals surface area contributed by atoms with E-state index < -0.39 is 0 Å². The van der Waals surface area contributed by atoms with Gasteiger partial charge in [0.2, 0.25) is 0 Å². The lowest BCUT2D eigenvalue weighted by Crippen LogP contribution is -1.93. The van der Waals surface area contributed by atoms with Crippen LogP contribution >= 0.6 is 0 Å². The second-order valence-corrected chi connectivity index (χ2v) is 13.1. The molecule has 0 aliphatic rings. The molecular formula is C49H31N. The number of rotatable bonds is 4. The van der Waals surface area contributed by atoms with E-state index in [-0.39, 0.29) is 0 Å². The normalized spacial score (nSPS) is 11.6. The Kier molecular flexibility index (Phi) is 6.57. The van der Waals surface area contributed by atoms with Crippen LogP contribution < -0.4 is 0 Å². The lowest BCUT2D eigenvalue weighted by molar-refractivity contribution is 1.34. The fourth-order valence-corrected chi connectivity index (χ4v) is 7.98. The molecule has 1 heteroatoms. The molecule has 0 saturated carbocycles. The van der Waals surface area contributed by atoms with Crippen LogP contribution in [-0.4, -0.2) is 4.98 Å². The molecule has 0 atom stereocenters. The molecule has 1 nitrogen and oxygen atoms in total. The smallest absolute Gasteiger partial charge is 0.0714 e. The second-order valence-electron chi connectivity index (χ2n) is 13.1. The predicted molar refractivity (Wildman–Crippen MR) is 214 cm³/mol. The van der Waals surface area contributed by atoms with Crippen molar-refractivity contribution >= 4 is 53.9 Å². The summed E-state index contributed by atoms with van der Waals surface area (Å²) in [5.74, 6) is 0. The van der Waals surface area contributed by atoms with E-state index in [1.165, 1.54) is 81.7 Å².